The van der Waals surface area contributed by atoms with Crippen LogP contribution in [0, 0.1) is 5.92 Å². The summed E-state index contributed by atoms with van der Waals surface area (Å²) in [4.78, 5) is 62.1. The number of nitrogen functional groups attached to an aromatic ring is 1. The van der Waals surface area contributed by atoms with Crippen LogP contribution in [0.4, 0.5) is 5.13 Å². The standard InChI is InChI=1S/C29H33ClN10O8S2.Na/c1-29(2,27(46)47)48-35-20(23-32-28(31)50-36-23)18(43)10-15-25(45)39-21(24-33-37-38-34-24)13(12-49-26(15)39)11-40(3,4)9-5-6-16(41)14-7-8-17(42)22(44)19(14)30;/h7-8,15,26H,5-6,9-12H2,1-4H3,(H5-,31,32,33,34,35,36,37,38,41,42,43,44,46,47);/q;+1/p-1/t15-,26-;/m1./s1. The van der Waals surface area contributed by atoms with E-state index in [4.69, 9.17) is 22.2 Å². The van der Waals surface area contributed by atoms with E-state index in [2.05, 4.69) is 35.1 Å². The number of tetrazole rings is 1. The molecule has 2 aliphatic heterocycles. The molecule has 1 amide bonds. The monoisotopic (exact) mass is 770 g/mol. The summed E-state index contributed by atoms with van der Waals surface area (Å²) in [6.07, 6.45) is 0.302. The Morgan fingerprint density at radius 1 is 1.27 bits per heavy atom. The minimum Gasteiger partial charge on any atom is -0.546 e. The number of oxime groups is 1. The summed E-state index contributed by atoms with van der Waals surface area (Å²) in [7, 11) is 3.94. The summed E-state index contributed by atoms with van der Waals surface area (Å²) in [6, 6.07) is 2.57. The quantitative estimate of drug-likeness (QED) is 0.0269. The number of carboxylic acid groups (broad SMARTS) is 1. The normalized spacial score (nSPS) is 17.8. The minimum absolute atomic E-state index is 0. The van der Waals surface area contributed by atoms with Crippen LogP contribution in [0.2, 0.25) is 5.02 Å². The zero-order valence-electron chi connectivity index (χ0n) is 28.2. The van der Waals surface area contributed by atoms with E-state index in [1.807, 2.05) is 14.1 Å². The molecule has 0 aliphatic carbocycles. The number of thioether (sulfide) groups is 1. The average molecular weight is 771 g/mol. The van der Waals surface area contributed by atoms with E-state index in [0.717, 1.165) is 17.1 Å². The number of Topliss-reactive ketones (excluding diaryl/α,β-unsaturated/α-hetero) is 2. The topological polar surface area (TPSA) is 261 Å². The van der Waals surface area contributed by atoms with Crippen molar-refractivity contribution < 1.29 is 73.4 Å². The molecule has 51 heavy (non-hydrogen) atoms. The van der Waals surface area contributed by atoms with Gasteiger partial charge in [0.1, 0.15) is 6.54 Å². The molecule has 1 fully saturated rings. The first-order valence-electron chi connectivity index (χ1n) is 15.0. The minimum atomic E-state index is -1.88. The number of phenols is 2. The first kappa shape index (κ1) is 40.1. The molecule has 18 nitrogen and oxygen atoms in total. The smallest absolute Gasteiger partial charge is 0.546 e. The summed E-state index contributed by atoms with van der Waals surface area (Å²) in [5, 5.41) is 49.3. The van der Waals surface area contributed by atoms with Crippen LogP contribution in [0.5, 0.6) is 11.5 Å². The van der Waals surface area contributed by atoms with Gasteiger partial charge in [-0.05, 0) is 26.0 Å². The van der Waals surface area contributed by atoms with Gasteiger partial charge in [0.25, 0.3) is 0 Å². The molecule has 1 saturated heterocycles. The number of carbonyl (C=O) groups is 4. The number of fused-ring (bicyclic) bond motifs is 1. The van der Waals surface area contributed by atoms with Crippen molar-refractivity contribution in [1.82, 2.24) is 34.9 Å². The van der Waals surface area contributed by atoms with E-state index >= 15 is 0 Å². The third kappa shape index (κ3) is 8.70. The molecule has 5 rings (SSSR count). The van der Waals surface area contributed by atoms with E-state index in [0.29, 0.717) is 35.4 Å². The molecule has 0 saturated carbocycles. The van der Waals surface area contributed by atoms with Crippen LogP contribution in [0.1, 0.15) is 55.1 Å². The first-order valence-corrected chi connectivity index (χ1v) is 17.2. The molecule has 3 aromatic rings. The first-order chi connectivity index (χ1) is 23.5. The van der Waals surface area contributed by atoms with Crippen molar-refractivity contribution in [1.29, 1.82) is 0 Å². The fourth-order valence-corrected chi connectivity index (χ4v) is 7.50. The number of aliphatic carboxylic acids is 1. The third-order valence-corrected chi connectivity index (χ3v) is 10.4. The van der Waals surface area contributed by atoms with Gasteiger partial charge in [-0.25, -0.2) is 0 Å². The second kappa shape index (κ2) is 15.9. The Hall–Kier alpha value is -3.66. The molecule has 4 heterocycles. The van der Waals surface area contributed by atoms with E-state index in [9.17, 15) is 34.5 Å². The van der Waals surface area contributed by atoms with Crippen LogP contribution in [0.15, 0.2) is 22.9 Å². The van der Waals surface area contributed by atoms with Gasteiger partial charge in [0, 0.05) is 47.7 Å². The molecule has 0 spiro atoms. The van der Waals surface area contributed by atoms with Gasteiger partial charge < -0.3 is 40.3 Å². The Labute approximate surface area is 326 Å². The van der Waals surface area contributed by atoms with Crippen LogP contribution in [0.3, 0.4) is 0 Å². The van der Waals surface area contributed by atoms with Crippen LogP contribution >= 0.6 is 34.9 Å². The molecule has 22 heteroatoms. The van der Waals surface area contributed by atoms with Crippen LogP contribution < -0.4 is 45.5 Å². The average Bonchev–Trinajstić information content (AvgIpc) is 3.74. The maximum Gasteiger partial charge on any atom is 1.00 e. The molecule has 4 N–H and O–H groups in total. The number of rotatable bonds is 15. The summed E-state index contributed by atoms with van der Waals surface area (Å²) in [5.41, 5.74) is 4.84. The number of aromatic hydroxyl groups is 2. The van der Waals surface area contributed by atoms with Gasteiger partial charge in [-0.15, -0.1) is 11.8 Å². The maximum absolute atomic E-state index is 13.7. The van der Waals surface area contributed by atoms with Crippen molar-refractivity contribution >= 4 is 74.9 Å². The molecular weight excluding hydrogens is 739 g/mol. The van der Waals surface area contributed by atoms with Crippen LogP contribution in [0.25, 0.3) is 5.70 Å². The number of carbonyl (C=O) groups excluding carboxylic acids is 4. The number of benzene rings is 1. The fraction of sp³-hybridized carbons (Fsp3) is 0.448. The number of halogens is 1. The summed E-state index contributed by atoms with van der Waals surface area (Å²) in [6.45, 7) is 3.40. The van der Waals surface area contributed by atoms with E-state index in [-0.39, 0.29) is 87.2 Å². The van der Waals surface area contributed by atoms with E-state index in [1.165, 1.54) is 42.6 Å². The molecule has 0 bridgehead atoms. The van der Waals surface area contributed by atoms with E-state index in [1.54, 1.807) is 0 Å². The van der Waals surface area contributed by atoms with Gasteiger partial charge in [-0.2, -0.15) is 14.6 Å². The van der Waals surface area contributed by atoms with Gasteiger partial charge in [0.05, 0.1) is 54.4 Å². The maximum atomic E-state index is 13.7. The number of aromatic nitrogens is 6. The number of quaternary nitrogens is 1. The predicted molar refractivity (Wildman–Crippen MR) is 177 cm³/mol. The Kier molecular flexibility index (Phi) is 12.5. The van der Waals surface area contributed by atoms with Gasteiger partial charge in [-0.3, -0.25) is 29.6 Å². The van der Waals surface area contributed by atoms with Gasteiger partial charge >= 0.3 is 29.6 Å². The number of phenolic OH excluding ortho intramolecular Hbond substituents is 2. The number of anilines is 1. The third-order valence-electron chi connectivity index (χ3n) is 8.05. The number of amides is 1. The van der Waals surface area contributed by atoms with Crippen molar-refractivity contribution in [2.24, 2.45) is 11.1 Å². The van der Waals surface area contributed by atoms with E-state index < -0.39 is 40.1 Å². The van der Waals surface area contributed by atoms with Crippen molar-refractivity contribution in [2.75, 3.05) is 38.7 Å². The number of likely N-dealkylation sites (N-methyl/N-ethyl adjacent to an activating group) is 1. The Morgan fingerprint density at radius 2 is 2.00 bits per heavy atom. The predicted octanol–water partition coefficient (Wildman–Crippen LogP) is -2.78. The van der Waals surface area contributed by atoms with Crippen molar-refractivity contribution in [3.63, 3.8) is 0 Å². The van der Waals surface area contributed by atoms with Crippen molar-refractivity contribution in [3.8, 4) is 11.5 Å². The second-order valence-electron chi connectivity index (χ2n) is 12.7. The second-order valence-corrected chi connectivity index (χ2v) is 15.0. The van der Waals surface area contributed by atoms with Gasteiger partial charge in [0.2, 0.25) is 11.7 Å². The summed E-state index contributed by atoms with van der Waals surface area (Å²) < 4.78 is 4.43. The Balaban J connectivity index is 0.00000583. The molecule has 0 unspecified atom stereocenters. The van der Waals surface area contributed by atoms with Crippen molar-refractivity contribution in [2.45, 2.75) is 44.1 Å². The van der Waals surface area contributed by atoms with Crippen molar-refractivity contribution in [3.05, 3.63) is 39.9 Å². The molecule has 2 aliphatic rings. The van der Waals surface area contributed by atoms with Crippen LogP contribution in [-0.4, -0.2) is 118 Å². The molecular formula is C29H32ClN10NaO8S2. The summed E-state index contributed by atoms with van der Waals surface area (Å²) in [5.74, 6) is -4.18. The fourth-order valence-electron chi connectivity index (χ4n) is 5.40. The SMILES string of the molecule is CC(C)(O/N=C(\C(=O)C[C@@H]1C(=O)N2C(c3nnn[n-]3)=C(C[N+](C)(C)CCCC(=O)c3ccc(O)c(O)c3Cl)CS[C@H]12)c1nsc(N)n1)C(=O)[O-].[Na+]. The van der Waals surface area contributed by atoms with Crippen LogP contribution in [-0.2, 0) is 19.2 Å². The Bertz CT molecular complexity index is 1900. The molecule has 2 aromatic heterocycles. The number of nitrogens with zero attached hydrogens (tertiary/aromatic N) is 9. The van der Waals surface area contributed by atoms with Gasteiger partial charge in [-0.1, -0.05) is 16.8 Å². The zero-order chi connectivity index (χ0) is 36.5. The number of nitrogens with two attached hydrogens (primary N) is 1. The number of ketones is 2. The number of β-lactam (4-membered cyclic amide) rings is 1. The number of carboxylic acids is 1. The molecule has 0 radical (unpaired) electrons. The zero-order valence-corrected chi connectivity index (χ0v) is 32.6. The van der Waals surface area contributed by atoms with Gasteiger partial charge in [0.15, 0.2) is 39.5 Å². The number of hydrogen-bond donors (Lipinski definition) is 3. The molecule has 1 aromatic carbocycles. The largest absolute Gasteiger partial charge is 1.00 e. The summed E-state index contributed by atoms with van der Waals surface area (Å²) >= 11 is 8.32. The number of hydrogen-bond acceptors (Lipinski definition) is 17. The molecule has 266 valence electrons. The molecule has 2 atom stereocenters. The Morgan fingerprint density at radius 3 is 2.63 bits per heavy atom.